The minimum atomic E-state index is -0.0521. The summed E-state index contributed by atoms with van der Waals surface area (Å²) in [6, 6.07) is 15.1. The molecule has 29 heavy (non-hydrogen) atoms. The van der Waals surface area contributed by atoms with Crippen LogP contribution in [0.5, 0.6) is 0 Å². The number of hydrogen-bond donors (Lipinski definition) is 1. The van der Waals surface area contributed by atoms with Crippen LogP contribution in [0.4, 0.5) is 0 Å². The number of fused-ring (bicyclic) bond motifs is 2. The van der Waals surface area contributed by atoms with Crippen molar-refractivity contribution in [2.24, 2.45) is 0 Å². The molecule has 0 fully saturated rings. The number of aromatic nitrogens is 4. The number of nitrogens with one attached hydrogen (secondary N) is 1. The molecular formula is C21H13BrN4O2S. The van der Waals surface area contributed by atoms with E-state index in [4.69, 9.17) is 4.42 Å². The van der Waals surface area contributed by atoms with Gasteiger partial charge in [0.2, 0.25) is 5.43 Å². The number of H-pyrrole nitrogens is 1. The lowest BCUT2D eigenvalue weighted by molar-refractivity contribution is 0.562. The Morgan fingerprint density at radius 3 is 2.79 bits per heavy atom. The summed E-state index contributed by atoms with van der Waals surface area (Å²) in [7, 11) is 0. The van der Waals surface area contributed by atoms with Crippen molar-refractivity contribution in [2.45, 2.75) is 10.8 Å². The van der Waals surface area contributed by atoms with E-state index in [2.05, 4.69) is 35.9 Å². The number of aromatic amines is 1. The summed E-state index contributed by atoms with van der Waals surface area (Å²) in [6.45, 7) is 0. The number of rotatable bonds is 4. The summed E-state index contributed by atoms with van der Waals surface area (Å²) >= 11 is 4.91. The largest absolute Gasteiger partial charge is 0.459 e. The van der Waals surface area contributed by atoms with Gasteiger partial charge in [0.15, 0.2) is 5.65 Å². The standard InChI is InChI=1S/C21H13BrN4O2S/c22-13-6-7-15-14(8-13)19(27)17(12-4-2-1-3-5-12)16(28-15)9-29-21-18-20(24-10-23-18)25-11-26-21/h1-8,10-11H,9H2,(H,23,24,25,26). The van der Waals surface area contributed by atoms with Gasteiger partial charge in [-0.15, -0.1) is 0 Å². The van der Waals surface area contributed by atoms with Gasteiger partial charge in [0.1, 0.15) is 28.2 Å². The molecular weight excluding hydrogens is 452 g/mol. The van der Waals surface area contributed by atoms with Crippen molar-refractivity contribution >= 4 is 49.8 Å². The second kappa shape index (κ2) is 7.46. The highest BCUT2D eigenvalue weighted by Crippen LogP contribution is 2.32. The van der Waals surface area contributed by atoms with Crippen molar-refractivity contribution in [1.29, 1.82) is 0 Å². The predicted octanol–water partition coefficient (Wildman–Crippen LogP) is 5.18. The fourth-order valence-corrected chi connectivity index (χ4v) is 4.45. The summed E-state index contributed by atoms with van der Waals surface area (Å²) in [6.07, 6.45) is 3.07. The summed E-state index contributed by atoms with van der Waals surface area (Å²) in [4.78, 5) is 29.1. The highest BCUT2D eigenvalue weighted by molar-refractivity contribution is 9.10. The Morgan fingerprint density at radius 1 is 1.07 bits per heavy atom. The average molecular weight is 465 g/mol. The molecule has 0 aliphatic rings. The first-order valence-corrected chi connectivity index (χ1v) is 10.6. The zero-order chi connectivity index (χ0) is 19.8. The van der Waals surface area contributed by atoms with Crippen LogP contribution in [0.1, 0.15) is 5.76 Å². The lowest BCUT2D eigenvalue weighted by Gasteiger charge is -2.10. The van der Waals surface area contributed by atoms with Crippen LogP contribution in [0.25, 0.3) is 33.3 Å². The van der Waals surface area contributed by atoms with Gasteiger partial charge in [-0.2, -0.15) is 0 Å². The van der Waals surface area contributed by atoms with E-state index in [1.54, 1.807) is 12.4 Å². The van der Waals surface area contributed by atoms with Crippen LogP contribution >= 0.6 is 27.7 Å². The fraction of sp³-hybridized carbons (Fsp3) is 0.0476. The van der Waals surface area contributed by atoms with Crippen LogP contribution in [0, 0.1) is 0 Å². The van der Waals surface area contributed by atoms with Crippen molar-refractivity contribution in [3.63, 3.8) is 0 Å². The third kappa shape index (κ3) is 3.34. The molecule has 0 aliphatic heterocycles. The highest BCUT2D eigenvalue weighted by atomic mass is 79.9. The van der Waals surface area contributed by atoms with E-state index in [1.807, 2.05) is 42.5 Å². The number of nitrogens with zero attached hydrogens (tertiary/aromatic N) is 3. The fourth-order valence-electron chi connectivity index (χ4n) is 3.20. The molecule has 0 saturated heterocycles. The molecule has 0 saturated carbocycles. The van der Waals surface area contributed by atoms with Gasteiger partial charge < -0.3 is 9.40 Å². The van der Waals surface area contributed by atoms with Gasteiger partial charge in [-0.3, -0.25) is 4.79 Å². The summed E-state index contributed by atoms with van der Waals surface area (Å²) in [5.74, 6) is 1.05. The second-order valence-electron chi connectivity index (χ2n) is 6.30. The van der Waals surface area contributed by atoms with Crippen molar-refractivity contribution in [3.8, 4) is 11.1 Å². The Hall–Kier alpha value is -2.97. The molecule has 1 N–H and O–H groups in total. The van der Waals surface area contributed by atoms with Crippen molar-refractivity contribution in [3.05, 3.63) is 81.6 Å². The zero-order valence-electron chi connectivity index (χ0n) is 14.9. The van der Waals surface area contributed by atoms with Crippen LogP contribution in [0.2, 0.25) is 0 Å². The molecule has 0 bridgehead atoms. The molecule has 6 nitrogen and oxygen atoms in total. The molecule has 5 rings (SSSR count). The zero-order valence-corrected chi connectivity index (χ0v) is 17.3. The number of imidazole rings is 1. The van der Waals surface area contributed by atoms with E-state index in [-0.39, 0.29) is 5.43 Å². The Kier molecular flexibility index (Phi) is 4.65. The molecule has 5 aromatic rings. The number of halogens is 1. The highest BCUT2D eigenvalue weighted by Gasteiger charge is 2.18. The Balaban J connectivity index is 1.65. The lowest BCUT2D eigenvalue weighted by Crippen LogP contribution is -2.09. The van der Waals surface area contributed by atoms with E-state index in [0.717, 1.165) is 20.6 Å². The van der Waals surface area contributed by atoms with E-state index in [0.29, 0.717) is 33.7 Å². The Bertz CT molecular complexity index is 1400. The van der Waals surface area contributed by atoms with Crippen molar-refractivity contribution in [1.82, 2.24) is 19.9 Å². The van der Waals surface area contributed by atoms with Crippen LogP contribution < -0.4 is 5.43 Å². The lowest BCUT2D eigenvalue weighted by atomic mass is 10.0. The van der Waals surface area contributed by atoms with Gasteiger partial charge in [0.25, 0.3) is 0 Å². The Labute approximate surface area is 177 Å². The maximum Gasteiger partial charge on any atom is 0.200 e. The molecule has 8 heteroatoms. The SMILES string of the molecule is O=c1c(-c2ccccc2)c(CSc2ncnc3nc[nH]c23)oc2ccc(Br)cc12. The van der Waals surface area contributed by atoms with E-state index >= 15 is 0 Å². The minimum absolute atomic E-state index is 0.0521. The molecule has 0 radical (unpaired) electrons. The first-order valence-electron chi connectivity index (χ1n) is 8.78. The molecule has 3 aromatic heterocycles. The van der Waals surface area contributed by atoms with Gasteiger partial charge >= 0.3 is 0 Å². The first-order chi connectivity index (χ1) is 14.2. The van der Waals surface area contributed by atoms with Crippen LogP contribution in [0.15, 0.2) is 79.9 Å². The van der Waals surface area contributed by atoms with Crippen LogP contribution in [-0.2, 0) is 5.75 Å². The summed E-state index contributed by atoms with van der Waals surface area (Å²) in [5.41, 5.74) is 3.28. The molecule has 0 atom stereocenters. The van der Waals surface area contributed by atoms with Gasteiger partial charge in [-0.1, -0.05) is 58.0 Å². The van der Waals surface area contributed by atoms with Crippen LogP contribution in [0.3, 0.4) is 0 Å². The monoisotopic (exact) mass is 464 g/mol. The van der Waals surface area contributed by atoms with Crippen molar-refractivity contribution in [2.75, 3.05) is 0 Å². The molecule has 3 heterocycles. The molecule has 2 aromatic carbocycles. The topological polar surface area (TPSA) is 84.7 Å². The molecule has 0 amide bonds. The third-order valence-electron chi connectivity index (χ3n) is 4.52. The van der Waals surface area contributed by atoms with E-state index < -0.39 is 0 Å². The Morgan fingerprint density at radius 2 is 1.93 bits per heavy atom. The minimum Gasteiger partial charge on any atom is -0.459 e. The molecule has 0 unspecified atom stereocenters. The number of hydrogen-bond acceptors (Lipinski definition) is 6. The predicted molar refractivity (Wildman–Crippen MR) is 117 cm³/mol. The number of benzene rings is 2. The maximum absolute atomic E-state index is 13.4. The smallest absolute Gasteiger partial charge is 0.200 e. The molecule has 0 spiro atoms. The molecule has 0 aliphatic carbocycles. The normalized spacial score (nSPS) is 11.3. The summed E-state index contributed by atoms with van der Waals surface area (Å²) in [5, 5.41) is 1.30. The van der Waals surface area contributed by atoms with Gasteiger partial charge in [-0.05, 0) is 23.8 Å². The van der Waals surface area contributed by atoms with Crippen LogP contribution in [-0.4, -0.2) is 19.9 Å². The average Bonchev–Trinajstić information content (AvgIpc) is 3.23. The third-order valence-corrected chi connectivity index (χ3v) is 6.00. The van der Waals surface area contributed by atoms with Gasteiger partial charge in [0.05, 0.1) is 23.0 Å². The number of thioether (sulfide) groups is 1. The first kappa shape index (κ1) is 18.1. The van der Waals surface area contributed by atoms with E-state index in [9.17, 15) is 4.79 Å². The van der Waals surface area contributed by atoms with E-state index in [1.165, 1.54) is 18.1 Å². The maximum atomic E-state index is 13.4. The van der Waals surface area contributed by atoms with Gasteiger partial charge in [-0.25, -0.2) is 15.0 Å². The summed E-state index contributed by atoms with van der Waals surface area (Å²) < 4.78 is 7.02. The van der Waals surface area contributed by atoms with Crippen molar-refractivity contribution < 1.29 is 4.42 Å². The van der Waals surface area contributed by atoms with Gasteiger partial charge in [0, 0.05) is 4.47 Å². The second-order valence-corrected chi connectivity index (χ2v) is 8.18. The molecule has 142 valence electrons. The quantitative estimate of drug-likeness (QED) is 0.291.